The standard InChI is InChI=1S/C18H18FNO/c19-17-13-15(14-7-3-1-4-8-14)9-10-16(17)18(21)20-11-5-2-6-12-20/h1,3-4,7-10,13H,2,5-6,11-12H2. The third-order valence-corrected chi connectivity index (χ3v) is 3.95. The van der Waals surface area contributed by atoms with E-state index in [0.717, 1.165) is 43.5 Å². The first-order chi connectivity index (χ1) is 10.3. The van der Waals surface area contributed by atoms with Crippen LogP contribution in [0.3, 0.4) is 0 Å². The number of carbonyl (C=O) groups excluding carboxylic acids is 1. The lowest BCUT2D eigenvalue weighted by atomic mass is 10.0. The Kier molecular flexibility index (Phi) is 4.00. The maximum Gasteiger partial charge on any atom is 0.256 e. The van der Waals surface area contributed by atoms with Crippen molar-refractivity contribution >= 4 is 5.91 Å². The monoisotopic (exact) mass is 283 g/mol. The van der Waals surface area contributed by atoms with Gasteiger partial charge in [0.1, 0.15) is 5.82 Å². The van der Waals surface area contributed by atoms with Gasteiger partial charge in [-0.15, -0.1) is 0 Å². The molecule has 0 unspecified atom stereocenters. The first-order valence-corrected chi connectivity index (χ1v) is 7.40. The van der Waals surface area contributed by atoms with E-state index in [1.807, 2.05) is 36.4 Å². The Hall–Kier alpha value is -2.16. The van der Waals surface area contributed by atoms with Gasteiger partial charge in [0.25, 0.3) is 5.91 Å². The van der Waals surface area contributed by atoms with Crippen molar-refractivity contribution in [2.45, 2.75) is 19.3 Å². The predicted octanol–water partition coefficient (Wildman–Crippen LogP) is 4.12. The molecule has 0 aromatic heterocycles. The molecule has 1 saturated heterocycles. The molecule has 3 rings (SSSR count). The van der Waals surface area contributed by atoms with Crippen molar-refractivity contribution in [1.29, 1.82) is 0 Å². The number of likely N-dealkylation sites (tertiary alicyclic amines) is 1. The van der Waals surface area contributed by atoms with E-state index in [2.05, 4.69) is 0 Å². The summed E-state index contributed by atoms with van der Waals surface area (Å²) in [6.07, 6.45) is 3.17. The lowest BCUT2D eigenvalue weighted by Crippen LogP contribution is -2.36. The molecule has 1 amide bonds. The first-order valence-electron chi connectivity index (χ1n) is 7.40. The number of carbonyl (C=O) groups is 1. The van der Waals surface area contributed by atoms with Crippen LogP contribution in [-0.2, 0) is 0 Å². The van der Waals surface area contributed by atoms with Crippen LogP contribution >= 0.6 is 0 Å². The van der Waals surface area contributed by atoms with Gasteiger partial charge in [-0.2, -0.15) is 0 Å². The Morgan fingerprint density at radius 1 is 0.905 bits per heavy atom. The van der Waals surface area contributed by atoms with Gasteiger partial charge in [-0.05, 0) is 42.5 Å². The molecule has 0 saturated carbocycles. The van der Waals surface area contributed by atoms with Gasteiger partial charge in [0, 0.05) is 13.1 Å². The van der Waals surface area contributed by atoms with E-state index in [4.69, 9.17) is 0 Å². The Morgan fingerprint density at radius 3 is 2.29 bits per heavy atom. The van der Waals surface area contributed by atoms with E-state index in [9.17, 15) is 9.18 Å². The van der Waals surface area contributed by atoms with Crippen LogP contribution in [0.25, 0.3) is 11.1 Å². The number of benzene rings is 2. The van der Waals surface area contributed by atoms with Crippen LogP contribution in [-0.4, -0.2) is 23.9 Å². The third kappa shape index (κ3) is 2.97. The molecule has 1 fully saturated rings. The van der Waals surface area contributed by atoms with Gasteiger partial charge in [-0.1, -0.05) is 36.4 Å². The molecule has 2 aromatic rings. The molecule has 0 atom stereocenters. The van der Waals surface area contributed by atoms with Crippen molar-refractivity contribution in [1.82, 2.24) is 4.90 Å². The molecule has 2 aromatic carbocycles. The Balaban J connectivity index is 1.86. The lowest BCUT2D eigenvalue weighted by Gasteiger charge is -2.26. The van der Waals surface area contributed by atoms with Crippen LogP contribution in [0, 0.1) is 5.82 Å². The zero-order valence-corrected chi connectivity index (χ0v) is 11.9. The molecule has 0 radical (unpaired) electrons. The minimum Gasteiger partial charge on any atom is -0.339 e. The summed E-state index contributed by atoms with van der Waals surface area (Å²) in [6, 6.07) is 14.5. The van der Waals surface area contributed by atoms with Crippen molar-refractivity contribution < 1.29 is 9.18 Å². The van der Waals surface area contributed by atoms with Gasteiger partial charge >= 0.3 is 0 Å². The van der Waals surface area contributed by atoms with E-state index < -0.39 is 5.82 Å². The molecule has 0 spiro atoms. The highest BCUT2D eigenvalue weighted by atomic mass is 19.1. The zero-order valence-electron chi connectivity index (χ0n) is 11.9. The number of piperidine rings is 1. The smallest absolute Gasteiger partial charge is 0.256 e. The number of nitrogens with zero attached hydrogens (tertiary/aromatic N) is 1. The molecular formula is C18H18FNO. The van der Waals surface area contributed by atoms with Crippen molar-refractivity contribution in [2.75, 3.05) is 13.1 Å². The zero-order chi connectivity index (χ0) is 14.7. The molecular weight excluding hydrogens is 265 g/mol. The van der Waals surface area contributed by atoms with Crippen molar-refractivity contribution in [3.63, 3.8) is 0 Å². The maximum atomic E-state index is 14.3. The normalized spacial score (nSPS) is 15.0. The van der Waals surface area contributed by atoms with Crippen LogP contribution in [0.15, 0.2) is 48.5 Å². The van der Waals surface area contributed by atoms with E-state index in [-0.39, 0.29) is 11.5 Å². The number of rotatable bonds is 2. The maximum absolute atomic E-state index is 14.3. The van der Waals surface area contributed by atoms with Crippen LogP contribution < -0.4 is 0 Å². The van der Waals surface area contributed by atoms with Gasteiger partial charge in [-0.3, -0.25) is 4.79 Å². The topological polar surface area (TPSA) is 20.3 Å². The largest absolute Gasteiger partial charge is 0.339 e. The summed E-state index contributed by atoms with van der Waals surface area (Å²) in [5.74, 6) is -0.626. The number of hydrogen-bond donors (Lipinski definition) is 0. The van der Waals surface area contributed by atoms with Gasteiger partial charge in [-0.25, -0.2) is 4.39 Å². The Bertz CT molecular complexity index is 633. The molecule has 1 aliphatic heterocycles. The second kappa shape index (κ2) is 6.08. The summed E-state index contributed by atoms with van der Waals surface area (Å²) in [5, 5.41) is 0. The summed E-state index contributed by atoms with van der Waals surface area (Å²) in [6.45, 7) is 1.47. The second-order valence-electron chi connectivity index (χ2n) is 5.41. The van der Waals surface area contributed by atoms with Gasteiger partial charge in [0.05, 0.1) is 5.56 Å². The van der Waals surface area contributed by atoms with Crippen LogP contribution in [0.4, 0.5) is 4.39 Å². The van der Waals surface area contributed by atoms with Crippen molar-refractivity contribution in [2.24, 2.45) is 0 Å². The fraction of sp³-hybridized carbons (Fsp3) is 0.278. The third-order valence-electron chi connectivity index (χ3n) is 3.95. The fourth-order valence-corrected chi connectivity index (χ4v) is 2.77. The average molecular weight is 283 g/mol. The highest BCUT2D eigenvalue weighted by molar-refractivity contribution is 5.95. The minimum atomic E-state index is -0.438. The molecule has 3 heteroatoms. The average Bonchev–Trinajstić information content (AvgIpc) is 2.56. The molecule has 1 heterocycles. The van der Waals surface area contributed by atoms with Crippen LogP contribution in [0.2, 0.25) is 0 Å². The first kappa shape index (κ1) is 13.8. The van der Waals surface area contributed by atoms with Gasteiger partial charge in [0.15, 0.2) is 0 Å². The Morgan fingerprint density at radius 2 is 1.62 bits per heavy atom. The highest BCUT2D eigenvalue weighted by Crippen LogP contribution is 2.23. The molecule has 0 bridgehead atoms. The molecule has 1 aliphatic rings. The summed E-state index contributed by atoms with van der Waals surface area (Å²) >= 11 is 0. The minimum absolute atomic E-state index is 0.177. The van der Waals surface area contributed by atoms with E-state index in [1.165, 1.54) is 6.07 Å². The Labute approximate surface area is 124 Å². The number of halogens is 1. The lowest BCUT2D eigenvalue weighted by molar-refractivity contribution is 0.0719. The number of amides is 1. The molecule has 108 valence electrons. The summed E-state index contributed by atoms with van der Waals surface area (Å²) in [7, 11) is 0. The summed E-state index contributed by atoms with van der Waals surface area (Å²) in [5.41, 5.74) is 1.92. The molecule has 0 aliphatic carbocycles. The van der Waals surface area contributed by atoms with Crippen molar-refractivity contribution in [3.8, 4) is 11.1 Å². The summed E-state index contributed by atoms with van der Waals surface area (Å²) in [4.78, 5) is 14.1. The molecule has 2 nitrogen and oxygen atoms in total. The molecule has 0 N–H and O–H groups in total. The van der Waals surface area contributed by atoms with E-state index in [0.29, 0.717) is 0 Å². The van der Waals surface area contributed by atoms with E-state index >= 15 is 0 Å². The van der Waals surface area contributed by atoms with Crippen molar-refractivity contribution in [3.05, 3.63) is 59.9 Å². The molecule has 21 heavy (non-hydrogen) atoms. The fourth-order valence-electron chi connectivity index (χ4n) is 2.77. The van der Waals surface area contributed by atoms with Crippen LogP contribution in [0.1, 0.15) is 29.6 Å². The second-order valence-corrected chi connectivity index (χ2v) is 5.41. The summed E-state index contributed by atoms with van der Waals surface area (Å²) < 4.78 is 14.3. The highest BCUT2D eigenvalue weighted by Gasteiger charge is 2.21. The quantitative estimate of drug-likeness (QED) is 0.812. The SMILES string of the molecule is O=C(c1ccc(-c2ccccc2)cc1F)N1CCCCC1. The van der Waals surface area contributed by atoms with Gasteiger partial charge < -0.3 is 4.90 Å². The predicted molar refractivity (Wildman–Crippen MR) is 81.6 cm³/mol. The van der Waals surface area contributed by atoms with E-state index in [1.54, 1.807) is 11.0 Å². The van der Waals surface area contributed by atoms with Gasteiger partial charge in [0.2, 0.25) is 0 Å². The number of hydrogen-bond acceptors (Lipinski definition) is 1. The van der Waals surface area contributed by atoms with Crippen LogP contribution in [0.5, 0.6) is 0 Å².